The van der Waals surface area contributed by atoms with Crippen molar-refractivity contribution in [1.82, 2.24) is 0 Å². The number of Topliss-reactive ketones (excluding diaryl/α,β-unsaturated/α-hetero) is 1. The molecule has 0 aromatic heterocycles. The molecule has 7 atom stereocenters. The summed E-state index contributed by atoms with van der Waals surface area (Å²) in [4.78, 5) is 13.5. The fraction of sp³-hybridized carbons (Fsp3) is 0.783. The largest absolute Gasteiger partial charge is 0.347 e. The van der Waals surface area contributed by atoms with E-state index in [2.05, 4.69) is 19.9 Å². The van der Waals surface area contributed by atoms with Gasteiger partial charge in [-0.1, -0.05) is 19.4 Å². The van der Waals surface area contributed by atoms with Gasteiger partial charge in [-0.3, -0.25) is 4.79 Å². The maximum absolute atomic E-state index is 13.5. The van der Waals surface area contributed by atoms with Gasteiger partial charge in [-0.05, 0) is 36.8 Å². The summed E-state index contributed by atoms with van der Waals surface area (Å²) < 4.78 is 30.6. The number of hydrogen-bond donors (Lipinski definition) is 0. The summed E-state index contributed by atoms with van der Waals surface area (Å²) in [7, 11) is 0. The molecule has 2 spiro atoms. The molecule has 6 nitrogen and oxygen atoms in total. The van der Waals surface area contributed by atoms with Gasteiger partial charge in [-0.2, -0.15) is 0 Å². The van der Waals surface area contributed by atoms with Crippen LogP contribution in [0.15, 0.2) is 22.8 Å². The van der Waals surface area contributed by atoms with E-state index in [0.717, 1.165) is 37.7 Å². The van der Waals surface area contributed by atoms with Gasteiger partial charge in [0.15, 0.2) is 11.6 Å². The minimum atomic E-state index is -0.587. The molecule has 4 aliphatic carbocycles. The summed E-state index contributed by atoms with van der Waals surface area (Å²) in [5.74, 6) is 0.248. The van der Waals surface area contributed by atoms with E-state index in [1.165, 1.54) is 11.1 Å². The minimum Gasteiger partial charge on any atom is -0.347 e. The smallest absolute Gasteiger partial charge is 0.273 e. The number of rotatable bonds is 0. The van der Waals surface area contributed by atoms with Gasteiger partial charge >= 0.3 is 0 Å². The van der Waals surface area contributed by atoms with Gasteiger partial charge in [-0.25, -0.2) is 0 Å². The molecule has 6 heteroatoms. The molecular formula is C23H28O6. The van der Waals surface area contributed by atoms with Crippen LogP contribution in [-0.4, -0.2) is 49.1 Å². The van der Waals surface area contributed by atoms with E-state index >= 15 is 0 Å². The number of allylic oxidation sites excluding steroid dienone is 3. The summed E-state index contributed by atoms with van der Waals surface area (Å²) in [5, 5.41) is 0. The number of carbonyl (C=O) groups excluding carboxylic acids is 1. The first kappa shape index (κ1) is 17.6. The van der Waals surface area contributed by atoms with Gasteiger partial charge in [0.2, 0.25) is 0 Å². The Morgan fingerprint density at radius 3 is 2.79 bits per heavy atom. The molecular weight excluding hydrogens is 372 g/mol. The van der Waals surface area contributed by atoms with Crippen LogP contribution >= 0.6 is 0 Å². The van der Waals surface area contributed by atoms with Crippen molar-refractivity contribution in [2.75, 3.05) is 13.2 Å². The van der Waals surface area contributed by atoms with E-state index in [9.17, 15) is 4.79 Å². The minimum absolute atomic E-state index is 0.00868. The van der Waals surface area contributed by atoms with Crippen molar-refractivity contribution < 1.29 is 28.5 Å². The van der Waals surface area contributed by atoms with Crippen molar-refractivity contribution in [3.05, 3.63) is 22.8 Å². The van der Waals surface area contributed by atoms with E-state index in [0.29, 0.717) is 25.6 Å². The van der Waals surface area contributed by atoms with Crippen molar-refractivity contribution in [1.29, 1.82) is 0 Å². The zero-order valence-corrected chi connectivity index (χ0v) is 17.1. The second-order valence-corrected chi connectivity index (χ2v) is 10.3. The number of fused-ring (bicyclic) bond motifs is 3. The lowest BCUT2D eigenvalue weighted by molar-refractivity contribution is -0.442. The Balaban J connectivity index is 1.34. The highest BCUT2D eigenvalue weighted by atomic mass is 16.9. The first-order valence-electron chi connectivity index (χ1n) is 11.2. The third kappa shape index (κ3) is 1.98. The van der Waals surface area contributed by atoms with Crippen LogP contribution in [-0.2, 0) is 28.5 Å². The molecule has 2 saturated carbocycles. The quantitative estimate of drug-likeness (QED) is 0.623. The highest BCUT2D eigenvalue weighted by Gasteiger charge is 2.66. The van der Waals surface area contributed by atoms with Crippen molar-refractivity contribution in [3.63, 3.8) is 0 Å². The van der Waals surface area contributed by atoms with Gasteiger partial charge < -0.3 is 23.7 Å². The second-order valence-electron chi connectivity index (χ2n) is 10.3. The zero-order chi connectivity index (χ0) is 19.6. The molecule has 4 aliphatic heterocycles. The lowest BCUT2D eigenvalue weighted by atomic mass is 9.63. The molecule has 4 bridgehead atoms. The molecule has 4 heterocycles. The van der Waals surface area contributed by atoms with Crippen LogP contribution in [0, 0.1) is 17.3 Å². The standard InChI is InChI=1S/C23H28O6/c1-12-18-11-22-5-3-13-14(9-16(22)19(12)28-20(27-18)29-22)17(24)10-21(2)15(13)4-6-23(21)25-7-8-26-23/h9,12,15,18-20H,3-8,10-11H2,1-2H3/t12?,15-,18?,19?,20?,21-,22?/m0/s1. The predicted octanol–water partition coefficient (Wildman–Crippen LogP) is 3.01. The molecule has 5 unspecified atom stereocenters. The molecule has 0 radical (unpaired) electrons. The summed E-state index contributed by atoms with van der Waals surface area (Å²) in [6.07, 6.45) is 7.35. The highest BCUT2D eigenvalue weighted by Crippen LogP contribution is 2.64. The third-order valence-electron chi connectivity index (χ3n) is 9.14. The average molecular weight is 400 g/mol. The summed E-state index contributed by atoms with van der Waals surface area (Å²) in [6.45, 7) is 5.10. The normalized spacial score (nSPS) is 51.7. The van der Waals surface area contributed by atoms with Crippen LogP contribution in [0.4, 0.5) is 0 Å². The maximum atomic E-state index is 13.5. The first-order chi connectivity index (χ1) is 13.9. The predicted molar refractivity (Wildman–Crippen MR) is 101 cm³/mol. The molecule has 0 N–H and O–H groups in total. The molecule has 8 aliphatic rings. The fourth-order valence-electron chi connectivity index (χ4n) is 7.62. The fourth-order valence-corrected chi connectivity index (χ4v) is 7.62. The summed E-state index contributed by atoms with van der Waals surface area (Å²) >= 11 is 0. The molecule has 8 rings (SSSR count). The molecule has 4 saturated heterocycles. The Bertz CT molecular complexity index is 869. The molecule has 29 heavy (non-hydrogen) atoms. The van der Waals surface area contributed by atoms with Gasteiger partial charge in [0, 0.05) is 36.2 Å². The van der Waals surface area contributed by atoms with Gasteiger partial charge in [0.1, 0.15) is 5.60 Å². The van der Waals surface area contributed by atoms with E-state index in [1.54, 1.807) is 0 Å². The van der Waals surface area contributed by atoms with E-state index < -0.39 is 12.3 Å². The van der Waals surface area contributed by atoms with Crippen LogP contribution in [0.1, 0.15) is 52.4 Å². The highest BCUT2D eigenvalue weighted by molar-refractivity contribution is 6.01. The Labute approximate surface area is 170 Å². The topological polar surface area (TPSA) is 63.2 Å². The van der Waals surface area contributed by atoms with E-state index in [1.807, 2.05) is 0 Å². The summed E-state index contributed by atoms with van der Waals surface area (Å²) in [5.41, 5.74) is 2.77. The second kappa shape index (κ2) is 5.40. The maximum Gasteiger partial charge on any atom is 0.273 e. The van der Waals surface area contributed by atoms with E-state index in [-0.39, 0.29) is 34.9 Å². The van der Waals surface area contributed by atoms with Gasteiger partial charge in [0.05, 0.1) is 25.4 Å². The lowest BCUT2D eigenvalue weighted by Gasteiger charge is -2.59. The van der Waals surface area contributed by atoms with E-state index in [4.69, 9.17) is 23.7 Å². The monoisotopic (exact) mass is 400 g/mol. The van der Waals surface area contributed by atoms with Crippen molar-refractivity contribution in [2.45, 2.75) is 82.4 Å². The van der Waals surface area contributed by atoms with Crippen LogP contribution < -0.4 is 0 Å². The number of ketones is 1. The summed E-state index contributed by atoms with van der Waals surface area (Å²) in [6, 6.07) is 0. The van der Waals surface area contributed by atoms with Crippen LogP contribution in [0.25, 0.3) is 0 Å². The Morgan fingerprint density at radius 2 is 1.97 bits per heavy atom. The molecule has 0 aromatic rings. The number of carbonyl (C=O) groups is 1. The van der Waals surface area contributed by atoms with Gasteiger partial charge in [0.25, 0.3) is 6.48 Å². The molecule has 6 fully saturated rings. The zero-order valence-electron chi connectivity index (χ0n) is 17.1. The van der Waals surface area contributed by atoms with Gasteiger partial charge in [-0.15, -0.1) is 0 Å². The Hall–Kier alpha value is -1.05. The van der Waals surface area contributed by atoms with Crippen molar-refractivity contribution >= 4 is 5.78 Å². The molecule has 156 valence electrons. The average Bonchev–Trinajstić information content (AvgIpc) is 3.23. The molecule has 0 amide bonds. The number of ether oxygens (including phenoxy) is 5. The molecule has 0 aromatic carbocycles. The Kier molecular flexibility index (Phi) is 3.28. The third-order valence-corrected chi connectivity index (χ3v) is 9.14. The van der Waals surface area contributed by atoms with Crippen LogP contribution in [0.3, 0.4) is 0 Å². The van der Waals surface area contributed by atoms with Crippen LogP contribution in [0.2, 0.25) is 0 Å². The van der Waals surface area contributed by atoms with Crippen LogP contribution in [0.5, 0.6) is 0 Å². The first-order valence-corrected chi connectivity index (χ1v) is 11.2. The lowest BCUT2D eigenvalue weighted by Crippen LogP contribution is -2.66. The number of hydrogen-bond acceptors (Lipinski definition) is 6. The van der Waals surface area contributed by atoms with Crippen molar-refractivity contribution in [3.8, 4) is 0 Å². The SMILES string of the molecule is CC1C2CC34CCC5=C(C=C3C1OC(O2)O4)C(=O)C[C@@]1(C)[C@H]5CCC12OCCO2. The van der Waals surface area contributed by atoms with Crippen molar-refractivity contribution in [2.24, 2.45) is 17.3 Å². The Morgan fingerprint density at radius 1 is 1.14 bits per heavy atom.